The SMILES string of the molecule is Cl.Cl.O=C(CN1CCNCC1)NC(c1ccccc1)C1CCCC1. The summed E-state index contributed by atoms with van der Waals surface area (Å²) in [6, 6.07) is 10.7. The van der Waals surface area contributed by atoms with Gasteiger partial charge in [0.15, 0.2) is 0 Å². The molecule has 1 aliphatic heterocycles. The van der Waals surface area contributed by atoms with Gasteiger partial charge in [-0.1, -0.05) is 43.2 Å². The maximum absolute atomic E-state index is 12.5. The zero-order valence-corrected chi connectivity index (χ0v) is 15.7. The third-order valence-corrected chi connectivity index (χ3v) is 4.92. The number of piperazine rings is 1. The number of carbonyl (C=O) groups is 1. The lowest BCUT2D eigenvalue weighted by Gasteiger charge is -2.29. The summed E-state index contributed by atoms with van der Waals surface area (Å²) < 4.78 is 0. The van der Waals surface area contributed by atoms with Crippen molar-refractivity contribution >= 4 is 30.7 Å². The van der Waals surface area contributed by atoms with Gasteiger partial charge in [0, 0.05) is 26.2 Å². The number of amides is 1. The molecule has 24 heavy (non-hydrogen) atoms. The van der Waals surface area contributed by atoms with E-state index < -0.39 is 0 Å². The van der Waals surface area contributed by atoms with Gasteiger partial charge in [-0.3, -0.25) is 9.69 Å². The predicted octanol–water partition coefficient (Wildman–Crippen LogP) is 2.78. The Labute approximate surface area is 157 Å². The van der Waals surface area contributed by atoms with Gasteiger partial charge in [0.25, 0.3) is 0 Å². The molecule has 2 aliphatic rings. The summed E-state index contributed by atoms with van der Waals surface area (Å²) in [6.45, 7) is 4.42. The molecule has 4 nitrogen and oxygen atoms in total. The first kappa shape index (κ1) is 21.2. The molecule has 1 unspecified atom stereocenters. The number of halogens is 2. The predicted molar refractivity (Wildman–Crippen MR) is 103 cm³/mol. The average molecular weight is 374 g/mol. The van der Waals surface area contributed by atoms with Crippen LogP contribution in [-0.2, 0) is 4.79 Å². The molecule has 0 radical (unpaired) electrons. The number of hydrogen-bond acceptors (Lipinski definition) is 3. The minimum absolute atomic E-state index is 0. The molecular formula is C18H29Cl2N3O. The van der Waals surface area contributed by atoms with E-state index in [0.29, 0.717) is 12.5 Å². The molecule has 136 valence electrons. The second kappa shape index (κ2) is 10.9. The Balaban J connectivity index is 0.00000144. The van der Waals surface area contributed by atoms with Crippen molar-refractivity contribution in [2.45, 2.75) is 31.7 Å². The van der Waals surface area contributed by atoms with Crippen LogP contribution in [0.5, 0.6) is 0 Å². The number of hydrogen-bond donors (Lipinski definition) is 2. The molecular weight excluding hydrogens is 345 g/mol. The van der Waals surface area contributed by atoms with Crippen molar-refractivity contribution in [3.05, 3.63) is 35.9 Å². The van der Waals surface area contributed by atoms with Gasteiger partial charge in [0.2, 0.25) is 5.91 Å². The Morgan fingerprint density at radius 1 is 1.12 bits per heavy atom. The van der Waals surface area contributed by atoms with Crippen molar-refractivity contribution in [1.82, 2.24) is 15.5 Å². The summed E-state index contributed by atoms with van der Waals surface area (Å²) in [5, 5.41) is 6.65. The van der Waals surface area contributed by atoms with Crippen molar-refractivity contribution in [3.63, 3.8) is 0 Å². The standard InChI is InChI=1S/C18H27N3O.2ClH/c22-17(14-21-12-10-19-11-13-21)20-18(16-8-4-5-9-16)15-6-2-1-3-7-15;;/h1-3,6-7,16,18-19H,4-5,8-14H2,(H,20,22);2*1H. The molecule has 0 bridgehead atoms. The molecule has 1 atom stereocenters. The molecule has 1 saturated carbocycles. The van der Waals surface area contributed by atoms with E-state index in [1.54, 1.807) is 0 Å². The highest BCUT2D eigenvalue weighted by molar-refractivity contribution is 5.85. The van der Waals surface area contributed by atoms with Gasteiger partial charge in [0.1, 0.15) is 0 Å². The zero-order valence-electron chi connectivity index (χ0n) is 14.1. The van der Waals surface area contributed by atoms with E-state index in [0.717, 1.165) is 26.2 Å². The van der Waals surface area contributed by atoms with Crippen molar-refractivity contribution in [3.8, 4) is 0 Å². The van der Waals surface area contributed by atoms with E-state index in [1.165, 1.54) is 31.2 Å². The molecule has 6 heteroatoms. The number of nitrogens with one attached hydrogen (secondary N) is 2. The Kier molecular flexibility index (Phi) is 9.67. The molecule has 1 aromatic rings. The quantitative estimate of drug-likeness (QED) is 0.833. The van der Waals surface area contributed by atoms with Crippen LogP contribution < -0.4 is 10.6 Å². The minimum atomic E-state index is 0. The van der Waals surface area contributed by atoms with Crippen LogP contribution in [0.25, 0.3) is 0 Å². The van der Waals surface area contributed by atoms with Gasteiger partial charge in [-0.05, 0) is 24.3 Å². The van der Waals surface area contributed by atoms with E-state index in [4.69, 9.17) is 0 Å². The Morgan fingerprint density at radius 3 is 2.38 bits per heavy atom. The number of carbonyl (C=O) groups excluding carboxylic acids is 1. The third kappa shape index (κ3) is 5.92. The topological polar surface area (TPSA) is 44.4 Å². The van der Waals surface area contributed by atoms with Gasteiger partial charge in [0.05, 0.1) is 12.6 Å². The summed E-state index contributed by atoms with van der Waals surface area (Å²) in [5.74, 6) is 0.761. The molecule has 3 rings (SSSR count). The van der Waals surface area contributed by atoms with Crippen LogP contribution in [0.3, 0.4) is 0 Å². The van der Waals surface area contributed by atoms with E-state index in [-0.39, 0.29) is 36.8 Å². The first-order valence-electron chi connectivity index (χ1n) is 8.60. The van der Waals surface area contributed by atoms with Crippen LogP contribution in [0.4, 0.5) is 0 Å². The van der Waals surface area contributed by atoms with Crippen LogP contribution in [0.15, 0.2) is 30.3 Å². The summed E-state index contributed by atoms with van der Waals surface area (Å²) >= 11 is 0. The van der Waals surface area contributed by atoms with Crippen LogP contribution in [0.1, 0.15) is 37.3 Å². The molecule has 2 N–H and O–H groups in total. The maximum Gasteiger partial charge on any atom is 0.234 e. The molecule has 1 aromatic carbocycles. The fourth-order valence-electron chi connectivity index (χ4n) is 3.72. The van der Waals surface area contributed by atoms with Crippen molar-refractivity contribution < 1.29 is 4.79 Å². The van der Waals surface area contributed by atoms with Crippen LogP contribution >= 0.6 is 24.8 Å². The van der Waals surface area contributed by atoms with Crippen LogP contribution in [-0.4, -0.2) is 43.5 Å². The largest absolute Gasteiger partial charge is 0.348 e. The van der Waals surface area contributed by atoms with E-state index >= 15 is 0 Å². The van der Waals surface area contributed by atoms with E-state index in [1.807, 2.05) is 6.07 Å². The van der Waals surface area contributed by atoms with Gasteiger partial charge >= 0.3 is 0 Å². The normalized spacial score (nSPS) is 19.8. The second-order valence-corrected chi connectivity index (χ2v) is 6.53. The first-order chi connectivity index (χ1) is 10.8. The highest BCUT2D eigenvalue weighted by Gasteiger charge is 2.28. The molecule has 0 spiro atoms. The lowest BCUT2D eigenvalue weighted by atomic mass is 9.91. The zero-order chi connectivity index (χ0) is 15.2. The van der Waals surface area contributed by atoms with Gasteiger partial charge in [-0.15, -0.1) is 24.8 Å². The van der Waals surface area contributed by atoms with E-state index in [9.17, 15) is 4.79 Å². The monoisotopic (exact) mass is 373 g/mol. The van der Waals surface area contributed by atoms with Crippen LogP contribution in [0.2, 0.25) is 0 Å². The maximum atomic E-state index is 12.5. The summed E-state index contributed by atoms with van der Waals surface area (Å²) in [6.07, 6.45) is 5.05. The fraction of sp³-hybridized carbons (Fsp3) is 0.611. The summed E-state index contributed by atoms with van der Waals surface area (Å²) in [7, 11) is 0. The Morgan fingerprint density at radius 2 is 1.75 bits per heavy atom. The lowest BCUT2D eigenvalue weighted by molar-refractivity contribution is -0.123. The minimum Gasteiger partial charge on any atom is -0.348 e. The highest BCUT2D eigenvalue weighted by atomic mass is 35.5. The smallest absolute Gasteiger partial charge is 0.234 e. The van der Waals surface area contributed by atoms with Gasteiger partial charge < -0.3 is 10.6 Å². The molecule has 1 heterocycles. The van der Waals surface area contributed by atoms with Crippen molar-refractivity contribution in [2.24, 2.45) is 5.92 Å². The van der Waals surface area contributed by atoms with Crippen molar-refractivity contribution in [2.75, 3.05) is 32.7 Å². The summed E-state index contributed by atoms with van der Waals surface area (Å²) in [5.41, 5.74) is 1.25. The van der Waals surface area contributed by atoms with Gasteiger partial charge in [-0.25, -0.2) is 0 Å². The summed E-state index contributed by atoms with van der Waals surface area (Å²) in [4.78, 5) is 14.7. The first-order valence-corrected chi connectivity index (χ1v) is 8.60. The Hall–Kier alpha value is -0.810. The van der Waals surface area contributed by atoms with Gasteiger partial charge in [-0.2, -0.15) is 0 Å². The second-order valence-electron chi connectivity index (χ2n) is 6.53. The molecule has 1 saturated heterocycles. The molecule has 0 aromatic heterocycles. The third-order valence-electron chi connectivity index (χ3n) is 4.92. The Bertz CT molecular complexity index is 474. The molecule has 2 fully saturated rings. The number of rotatable bonds is 5. The fourth-order valence-corrected chi connectivity index (χ4v) is 3.72. The highest BCUT2D eigenvalue weighted by Crippen LogP contribution is 2.35. The van der Waals surface area contributed by atoms with Crippen molar-refractivity contribution in [1.29, 1.82) is 0 Å². The van der Waals surface area contributed by atoms with Crippen LogP contribution in [0, 0.1) is 5.92 Å². The number of nitrogens with zero attached hydrogens (tertiary/aromatic N) is 1. The van der Waals surface area contributed by atoms with E-state index in [2.05, 4.69) is 39.8 Å². The average Bonchev–Trinajstić information content (AvgIpc) is 3.08. The molecule has 1 aliphatic carbocycles. The number of benzene rings is 1. The lowest BCUT2D eigenvalue weighted by Crippen LogP contribution is -2.48. The molecule has 1 amide bonds.